The number of halogens is 1. The largest absolute Gasteiger partial charge is 0.490 e. The van der Waals surface area contributed by atoms with Gasteiger partial charge in [0.05, 0.1) is 4.53 Å². The lowest BCUT2D eigenvalue weighted by Gasteiger charge is -2.02. The highest BCUT2D eigenvalue weighted by Crippen LogP contribution is 2.21. The van der Waals surface area contributed by atoms with E-state index < -0.39 is 0 Å². The van der Waals surface area contributed by atoms with Gasteiger partial charge < -0.3 is 4.74 Å². The molecule has 5 nitrogen and oxygen atoms in total. The minimum atomic E-state index is -0.171. The van der Waals surface area contributed by atoms with Gasteiger partial charge in [-0.25, -0.2) is 0 Å². The average Bonchev–Trinajstić information content (AvgIpc) is 3.22. The summed E-state index contributed by atoms with van der Waals surface area (Å²) in [4.78, 5) is 17.7. The van der Waals surface area contributed by atoms with E-state index in [0.717, 1.165) is 21.3 Å². The summed E-state index contributed by atoms with van der Waals surface area (Å²) in [6, 6.07) is 15.2. The lowest BCUT2D eigenvalue weighted by Crippen LogP contribution is -2.23. The van der Waals surface area contributed by atoms with Crippen molar-refractivity contribution in [2.24, 2.45) is 0 Å². The molecule has 134 valence electrons. The van der Waals surface area contributed by atoms with Crippen LogP contribution in [0.25, 0.3) is 22.4 Å². The number of aromatic nitrogens is 3. The first-order valence-corrected chi connectivity index (χ1v) is 9.76. The van der Waals surface area contributed by atoms with Gasteiger partial charge in [0.1, 0.15) is 12.4 Å². The van der Waals surface area contributed by atoms with Gasteiger partial charge in [0.25, 0.3) is 5.56 Å². The molecular weight excluding hydrogens is 426 g/mol. The Morgan fingerprint density at radius 2 is 1.96 bits per heavy atom. The van der Waals surface area contributed by atoms with E-state index in [2.05, 4.69) is 32.6 Å². The molecule has 7 heteroatoms. The Balaban J connectivity index is 1.69. The maximum atomic E-state index is 12.7. The Morgan fingerprint density at radius 1 is 1.19 bits per heavy atom. The molecule has 0 N–H and O–H groups in total. The Hall–Kier alpha value is -2.77. The summed E-state index contributed by atoms with van der Waals surface area (Å²) in [5.74, 6) is 1.26. The Morgan fingerprint density at radius 3 is 2.67 bits per heavy atom. The van der Waals surface area contributed by atoms with Crippen LogP contribution in [-0.4, -0.2) is 21.2 Å². The fourth-order valence-electron chi connectivity index (χ4n) is 2.54. The second kappa shape index (κ2) is 7.46. The van der Waals surface area contributed by atoms with Gasteiger partial charge >= 0.3 is 0 Å². The summed E-state index contributed by atoms with van der Waals surface area (Å²) < 4.78 is 8.35. The quantitative estimate of drug-likeness (QED) is 0.445. The van der Waals surface area contributed by atoms with Crippen LogP contribution in [0.1, 0.15) is 5.56 Å². The van der Waals surface area contributed by atoms with Crippen LogP contribution in [0.4, 0.5) is 0 Å². The van der Waals surface area contributed by atoms with Crippen LogP contribution in [-0.2, 0) is 0 Å². The Bertz CT molecular complexity index is 1230. The normalized spacial score (nSPS) is 11.8. The topological polar surface area (TPSA) is 56.5 Å². The summed E-state index contributed by atoms with van der Waals surface area (Å²) in [6.07, 6.45) is 3.54. The zero-order chi connectivity index (χ0) is 18.8. The van der Waals surface area contributed by atoms with Gasteiger partial charge in [0.2, 0.25) is 4.96 Å². The van der Waals surface area contributed by atoms with Crippen LogP contribution in [0.2, 0.25) is 0 Å². The van der Waals surface area contributed by atoms with Crippen molar-refractivity contribution in [3.05, 3.63) is 86.1 Å². The average molecular weight is 440 g/mol. The molecule has 0 atom stereocenters. The first kappa shape index (κ1) is 17.6. The minimum absolute atomic E-state index is 0.171. The highest BCUT2D eigenvalue weighted by Gasteiger charge is 2.12. The number of benzene rings is 2. The highest BCUT2D eigenvalue weighted by atomic mass is 79.9. The number of thiazole rings is 1. The fourth-order valence-corrected chi connectivity index (χ4v) is 3.84. The monoisotopic (exact) mass is 439 g/mol. The van der Waals surface area contributed by atoms with E-state index in [9.17, 15) is 4.79 Å². The predicted octanol–water partition coefficient (Wildman–Crippen LogP) is 3.69. The van der Waals surface area contributed by atoms with Crippen molar-refractivity contribution in [1.82, 2.24) is 14.6 Å². The fraction of sp³-hybridized carbons (Fsp3) is 0.0500. The maximum Gasteiger partial charge on any atom is 0.291 e. The standard InChI is InChI=1S/C20H14BrN3O2S/c1-2-11-26-15-9-7-13(8-10-15)18-22-20-24(23-18)19(25)17(27-20)12-14-5-3-4-6-16(14)21/h2-10,12H,1,11H2. The van der Waals surface area contributed by atoms with Gasteiger partial charge in [0.15, 0.2) is 5.82 Å². The summed E-state index contributed by atoms with van der Waals surface area (Å²) in [7, 11) is 0. The lowest BCUT2D eigenvalue weighted by molar-refractivity contribution is 0.363. The van der Waals surface area contributed by atoms with Crippen LogP contribution >= 0.6 is 27.3 Å². The number of fused-ring (bicyclic) bond motifs is 1. The molecule has 0 spiro atoms. The van der Waals surface area contributed by atoms with Crippen molar-refractivity contribution in [3.8, 4) is 17.1 Å². The zero-order valence-corrected chi connectivity index (χ0v) is 16.5. The minimum Gasteiger partial charge on any atom is -0.490 e. The molecule has 0 bridgehead atoms. The third-order valence-corrected chi connectivity index (χ3v) is 5.54. The summed E-state index contributed by atoms with van der Waals surface area (Å²) >= 11 is 4.82. The predicted molar refractivity (Wildman–Crippen MR) is 111 cm³/mol. The first-order chi connectivity index (χ1) is 13.2. The van der Waals surface area contributed by atoms with E-state index in [-0.39, 0.29) is 5.56 Å². The molecular formula is C20H14BrN3O2S. The summed E-state index contributed by atoms with van der Waals surface area (Å²) in [5.41, 5.74) is 1.59. The van der Waals surface area contributed by atoms with Crippen LogP contribution in [0, 0.1) is 0 Å². The molecule has 0 fully saturated rings. The molecule has 2 aromatic heterocycles. The molecule has 0 amide bonds. The highest BCUT2D eigenvalue weighted by molar-refractivity contribution is 9.10. The van der Waals surface area contributed by atoms with Gasteiger partial charge in [-0.15, -0.1) is 5.10 Å². The second-order valence-electron chi connectivity index (χ2n) is 5.69. The van der Waals surface area contributed by atoms with Gasteiger partial charge in [0, 0.05) is 10.0 Å². The Labute approximate surface area is 167 Å². The first-order valence-electron chi connectivity index (χ1n) is 8.15. The SMILES string of the molecule is C=CCOc1ccc(-c2nc3sc(=Cc4ccccc4Br)c(=O)n3n2)cc1. The molecule has 2 aromatic carbocycles. The van der Waals surface area contributed by atoms with Crippen LogP contribution in [0.3, 0.4) is 0 Å². The van der Waals surface area contributed by atoms with Crippen molar-refractivity contribution in [2.45, 2.75) is 0 Å². The third-order valence-electron chi connectivity index (χ3n) is 3.85. The number of hydrogen-bond acceptors (Lipinski definition) is 5. The van der Waals surface area contributed by atoms with Crippen molar-refractivity contribution in [2.75, 3.05) is 6.61 Å². The Kier molecular flexibility index (Phi) is 4.87. The summed E-state index contributed by atoms with van der Waals surface area (Å²) in [6.45, 7) is 4.08. The lowest BCUT2D eigenvalue weighted by atomic mass is 10.2. The molecule has 0 aliphatic rings. The summed E-state index contributed by atoms with van der Waals surface area (Å²) in [5, 5.41) is 4.37. The van der Waals surface area contributed by atoms with Crippen molar-refractivity contribution < 1.29 is 4.74 Å². The van der Waals surface area contributed by atoms with E-state index in [1.54, 1.807) is 6.08 Å². The number of nitrogens with zero attached hydrogens (tertiary/aromatic N) is 3. The number of ether oxygens (including phenoxy) is 1. The van der Waals surface area contributed by atoms with Crippen LogP contribution in [0.5, 0.6) is 5.75 Å². The molecule has 0 radical (unpaired) electrons. The van der Waals surface area contributed by atoms with E-state index in [1.165, 1.54) is 15.9 Å². The number of rotatable bonds is 5. The molecule has 0 aliphatic heterocycles. The van der Waals surface area contributed by atoms with E-state index >= 15 is 0 Å². The van der Waals surface area contributed by atoms with E-state index in [0.29, 0.717) is 21.9 Å². The van der Waals surface area contributed by atoms with Gasteiger partial charge in [-0.05, 0) is 42.0 Å². The number of hydrogen-bond donors (Lipinski definition) is 0. The van der Waals surface area contributed by atoms with E-state index in [1.807, 2.05) is 54.6 Å². The third kappa shape index (κ3) is 3.56. The molecule has 0 unspecified atom stereocenters. The van der Waals surface area contributed by atoms with Crippen molar-refractivity contribution in [3.63, 3.8) is 0 Å². The van der Waals surface area contributed by atoms with Crippen molar-refractivity contribution in [1.29, 1.82) is 0 Å². The molecule has 4 rings (SSSR count). The molecule has 4 aromatic rings. The smallest absolute Gasteiger partial charge is 0.291 e. The maximum absolute atomic E-state index is 12.7. The van der Waals surface area contributed by atoms with Gasteiger partial charge in [-0.3, -0.25) is 4.79 Å². The molecule has 0 saturated carbocycles. The van der Waals surface area contributed by atoms with Crippen molar-refractivity contribution >= 4 is 38.3 Å². The van der Waals surface area contributed by atoms with E-state index in [4.69, 9.17) is 4.74 Å². The molecule has 27 heavy (non-hydrogen) atoms. The zero-order valence-electron chi connectivity index (χ0n) is 14.1. The van der Waals surface area contributed by atoms with Crippen LogP contribution in [0.15, 0.2) is 70.5 Å². The molecule has 0 saturated heterocycles. The second-order valence-corrected chi connectivity index (χ2v) is 7.55. The van der Waals surface area contributed by atoms with Gasteiger partial charge in [-0.1, -0.05) is 58.1 Å². The molecule has 2 heterocycles. The van der Waals surface area contributed by atoms with Crippen LogP contribution < -0.4 is 14.8 Å². The molecule has 0 aliphatic carbocycles. The van der Waals surface area contributed by atoms with Gasteiger partial charge in [-0.2, -0.15) is 9.50 Å².